The summed E-state index contributed by atoms with van der Waals surface area (Å²) in [4.78, 5) is 1.58. The lowest BCUT2D eigenvalue weighted by molar-refractivity contribution is -0.148. The second kappa shape index (κ2) is 7.12. The van der Waals surface area contributed by atoms with Crippen molar-refractivity contribution in [1.29, 1.82) is 0 Å². The zero-order valence-corrected chi connectivity index (χ0v) is 13.2. The fourth-order valence-electron chi connectivity index (χ4n) is 3.44. The summed E-state index contributed by atoms with van der Waals surface area (Å²) in [5.74, 6) is 0.303. The predicted molar refractivity (Wildman–Crippen MR) is 76.8 cm³/mol. The lowest BCUT2D eigenvalue weighted by atomic mass is 9.69. The van der Waals surface area contributed by atoms with Gasteiger partial charge in [0, 0.05) is 12.6 Å². The van der Waals surface area contributed by atoms with Gasteiger partial charge in [-0.2, -0.15) is 13.2 Å². The average Bonchev–Trinajstić information content (AvgIpc) is 2.26. The quantitative estimate of drug-likeness (QED) is 0.804. The standard InChI is InChI=1S/C15H29F3N2/c1-5-8-20(11-15(16,17)18)10-12-9-14(2,3)7-6-13(12)19-4/h12-13,19H,5-11H2,1-4H3. The van der Waals surface area contributed by atoms with E-state index in [1.807, 2.05) is 14.0 Å². The summed E-state index contributed by atoms with van der Waals surface area (Å²) in [6.45, 7) is 6.66. The van der Waals surface area contributed by atoms with Gasteiger partial charge in [0.15, 0.2) is 0 Å². The molecule has 1 aliphatic carbocycles. The Bertz CT molecular complexity index is 289. The molecule has 0 saturated heterocycles. The summed E-state index contributed by atoms with van der Waals surface area (Å²) in [6, 6.07) is 0.343. The second-order valence-electron chi connectivity index (χ2n) is 6.91. The molecule has 2 unspecified atom stereocenters. The van der Waals surface area contributed by atoms with E-state index >= 15 is 0 Å². The van der Waals surface area contributed by atoms with E-state index in [2.05, 4.69) is 19.2 Å². The van der Waals surface area contributed by atoms with E-state index in [1.165, 1.54) is 0 Å². The van der Waals surface area contributed by atoms with Crippen molar-refractivity contribution in [1.82, 2.24) is 10.2 Å². The summed E-state index contributed by atoms with van der Waals surface area (Å²) in [5, 5.41) is 3.29. The first-order valence-corrected chi connectivity index (χ1v) is 7.63. The van der Waals surface area contributed by atoms with Gasteiger partial charge in [0.1, 0.15) is 0 Å². The minimum absolute atomic E-state index is 0.244. The molecule has 0 aromatic carbocycles. The van der Waals surface area contributed by atoms with Crippen molar-refractivity contribution in [2.75, 3.05) is 26.7 Å². The van der Waals surface area contributed by atoms with Crippen LogP contribution in [0, 0.1) is 11.3 Å². The van der Waals surface area contributed by atoms with Gasteiger partial charge >= 0.3 is 6.18 Å². The molecule has 0 aliphatic heterocycles. The summed E-state index contributed by atoms with van der Waals surface area (Å²) < 4.78 is 38.0. The molecule has 0 heterocycles. The molecule has 2 nitrogen and oxygen atoms in total. The van der Waals surface area contributed by atoms with Crippen molar-refractivity contribution < 1.29 is 13.2 Å². The van der Waals surface area contributed by atoms with Crippen LogP contribution in [0.3, 0.4) is 0 Å². The number of nitrogens with zero attached hydrogens (tertiary/aromatic N) is 1. The highest BCUT2D eigenvalue weighted by atomic mass is 19.4. The van der Waals surface area contributed by atoms with Gasteiger partial charge in [-0.25, -0.2) is 0 Å². The number of alkyl halides is 3. The summed E-state index contributed by atoms with van der Waals surface area (Å²) >= 11 is 0. The summed E-state index contributed by atoms with van der Waals surface area (Å²) in [7, 11) is 1.92. The van der Waals surface area contributed by atoms with Crippen LogP contribution in [0.15, 0.2) is 0 Å². The molecular formula is C15H29F3N2. The van der Waals surface area contributed by atoms with Gasteiger partial charge in [-0.1, -0.05) is 20.8 Å². The first kappa shape index (κ1) is 17.8. The molecule has 1 aliphatic rings. The van der Waals surface area contributed by atoms with Gasteiger partial charge in [0.2, 0.25) is 0 Å². The number of hydrogen-bond acceptors (Lipinski definition) is 2. The third-order valence-corrected chi connectivity index (χ3v) is 4.32. The van der Waals surface area contributed by atoms with Crippen LogP contribution >= 0.6 is 0 Å². The van der Waals surface area contributed by atoms with Crippen LogP contribution in [0.2, 0.25) is 0 Å². The van der Waals surface area contributed by atoms with Crippen molar-refractivity contribution in [3.63, 3.8) is 0 Å². The van der Waals surface area contributed by atoms with Crippen molar-refractivity contribution >= 4 is 0 Å². The molecule has 0 aromatic rings. The molecule has 5 heteroatoms. The zero-order chi connectivity index (χ0) is 15.4. The highest BCUT2D eigenvalue weighted by Crippen LogP contribution is 2.39. The van der Waals surface area contributed by atoms with Gasteiger partial charge in [-0.15, -0.1) is 0 Å². The fourth-order valence-corrected chi connectivity index (χ4v) is 3.44. The Morgan fingerprint density at radius 1 is 1.30 bits per heavy atom. The Morgan fingerprint density at radius 3 is 2.45 bits per heavy atom. The molecule has 0 bridgehead atoms. The maximum atomic E-state index is 12.7. The van der Waals surface area contributed by atoms with E-state index in [0.29, 0.717) is 25.0 Å². The number of halogens is 3. The predicted octanol–water partition coefficient (Wildman–Crippen LogP) is 3.68. The highest BCUT2D eigenvalue weighted by molar-refractivity contribution is 4.90. The molecule has 1 rings (SSSR count). The number of rotatable bonds is 6. The summed E-state index contributed by atoms with van der Waals surface area (Å²) in [6.07, 6.45) is -0.149. The number of nitrogens with one attached hydrogen (secondary N) is 1. The van der Waals surface area contributed by atoms with E-state index < -0.39 is 12.7 Å². The minimum atomic E-state index is -4.10. The SMILES string of the molecule is CCCN(CC1CC(C)(C)CCC1NC)CC(F)(F)F. The van der Waals surface area contributed by atoms with E-state index in [4.69, 9.17) is 0 Å². The first-order valence-electron chi connectivity index (χ1n) is 7.63. The molecule has 0 spiro atoms. The van der Waals surface area contributed by atoms with Crippen LogP contribution in [-0.2, 0) is 0 Å². The molecule has 0 amide bonds. The summed E-state index contributed by atoms with van der Waals surface area (Å²) in [5.41, 5.74) is 0.244. The van der Waals surface area contributed by atoms with Crippen LogP contribution in [-0.4, -0.2) is 43.8 Å². The normalized spacial score (nSPS) is 27.0. The van der Waals surface area contributed by atoms with E-state index in [0.717, 1.165) is 25.7 Å². The van der Waals surface area contributed by atoms with Gasteiger partial charge < -0.3 is 5.32 Å². The topological polar surface area (TPSA) is 15.3 Å². The third-order valence-electron chi connectivity index (χ3n) is 4.32. The van der Waals surface area contributed by atoms with E-state index in [9.17, 15) is 13.2 Å². The van der Waals surface area contributed by atoms with Gasteiger partial charge in [-0.05, 0) is 50.6 Å². The lowest BCUT2D eigenvalue weighted by Gasteiger charge is -2.42. The van der Waals surface area contributed by atoms with Gasteiger partial charge in [0.05, 0.1) is 6.54 Å². The maximum Gasteiger partial charge on any atom is 0.401 e. The van der Waals surface area contributed by atoms with Crippen LogP contribution < -0.4 is 5.32 Å². The Balaban J connectivity index is 2.68. The van der Waals surface area contributed by atoms with Crippen molar-refractivity contribution in [3.8, 4) is 0 Å². The van der Waals surface area contributed by atoms with Crippen LogP contribution in [0.25, 0.3) is 0 Å². The molecular weight excluding hydrogens is 265 g/mol. The van der Waals surface area contributed by atoms with E-state index in [1.54, 1.807) is 4.90 Å². The van der Waals surface area contributed by atoms with Crippen LogP contribution in [0.5, 0.6) is 0 Å². The van der Waals surface area contributed by atoms with Crippen molar-refractivity contribution in [2.24, 2.45) is 11.3 Å². The molecule has 20 heavy (non-hydrogen) atoms. The molecule has 1 N–H and O–H groups in total. The molecule has 120 valence electrons. The number of hydrogen-bond donors (Lipinski definition) is 1. The maximum absolute atomic E-state index is 12.7. The lowest BCUT2D eigenvalue weighted by Crippen LogP contribution is -2.48. The molecule has 0 radical (unpaired) electrons. The molecule has 1 fully saturated rings. The third kappa shape index (κ3) is 6.00. The van der Waals surface area contributed by atoms with Crippen LogP contribution in [0.1, 0.15) is 46.5 Å². The second-order valence-corrected chi connectivity index (χ2v) is 6.91. The van der Waals surface area contributed by atoms with Crippen molar-refractivity contribution in [3.05, 3.63) is 0 Å². The Hall–Kier alpha value is -0.290. The fraction of sp³-hybridized carbons (Fsp3) is 1.00. The van der Waals surface area contributed by atoms with E-state index in [-0.39, 0.29) is 5.41 Å². The van der Waals surface area contributed by atoms with Crippen molar-refractivity contribution in [2.45, 2.75) is 58.7 Å². The average molecular weight is 294 g/mol. The Morgan fingerprint density at radius 2 is 1.95 bits per heavy atom. The zero-order valence-electron chi connectivity index (χ0n) is 13.2. The molecule has 1 saturated carbocycles. The highest BCUT2D eigenvalue weighted by Gasteiger charge is 2.37. The van der Waals surface area contributed by atoms with Crippen LogP contribution in [0.4, 0.5) is 13.2 Å². The Labute approximate surface area is 121 Å². The minimum Gasteiger partial charge on any atom is -0.317 e. The molecule has 2 atom stereocenters. The first-order chi connectivity index (χ1) is 9.17. The van der Waals surface area contributed by atoms with Gasteiger partial charge in [0.25, 0.3) is 0 Å². The monoisotopic (exact) mass is 294 g/mol. The smallest absolute Gasteiger partial charge is 0.317 e. The van der Waals surface area contributed by atoms with Gasteiger partial charge in [-0.3, -0.25) is 4.90 Å². The molecule has 0 aromatic heterocycles. The Kier molecular flexibility index (Phi) is 6.32. The largest absolute Gasteiger partial charge is 0.401 e.